The number of para-hydroxylation sites is 1. The Morgan fingerprint density at radius 1 is 0.938 bits per heavy atom. The van der Waals surface area contributed by atoms with Gasteiger partial charge >= 0.3 is 0 Å². The van der Waals surface area contributed by atoms with Gasteiger partial charge in [-0.1, -0.05) is 18.2 Å². The molecule has 0 bridgehead atoms. The van der Waals surface area contributed by atoms with Gasteiger partial charge in [0.25, 0.3) is 0 Å². The van der Waals surface area contributed by atoms with E-state index in [9.17, 15) is 0 Å². The van der Waals surface area contributed by atoms with Gasteiger partial charge in [-0.05, 0) is 30.3 Å². The molecule has 0 unspecified atom stereocenters. The Kier molecular flexibility index (Phi) is 2.07. The standard InChI is InChI=1S/C13H11N3/c1-2-4-11(5-3-1)15-12-7-6-10-9-14-16-13(10)8-12/h1-9,15H,(H,14,16). The SMILES string of the molecule is c1ccc(Nc2ccc3cn[nH]c3c2)cc1. The van der Waals surface area contributed by atoms with Crippen LogP contribution in [0.25, 0.3) is 10.9 Å². The minimum atomic E-state index is 1.04. The normalized spacial score (nSPS) is 10.5. The summed E-state index contributed by atoms with van der Waals surface area (Å²) in [7, 11) is 0. The summed E-state index contributed by atoms with van der Waals surface area (Å²) in [6, 6.07) is 16.2. The Balaban J connectivity index is 1.94. The van der Waals surface area contributed by atoms with Crippen LogP contribution >= 0.6 is 0 Å². The number of benzene rings is 2. The van der Waals surface area contributed by atoms with Crippen LogP contribution < -0.4 is 5.32 Å². The number of hydrogen-bond donors (Lipinski definition) is 2. The van der Waals surface area contributed by atoms with Crippen molar-refractivity contribution >= 4 is 22.3 Å². The summed E-state index contributed by atoms with van der Waals surface area (Å²) in [5.41, 5.74) is 3.19. The average molecular weight is 209 g/mol. The Bertz CT molecular complexity index is 599. The molecule has 0 saturated carbocycles. The second kappa shape index (κ2) is 3.70. The zero-order valence-corrected chi connectivity index (χ0v) is 8.64. The van der Waals surface area contributed by atoms with Gasteiger partial charge in [0.05, 0.1) is 11.7 Å². The molecule has 3 rings (SSSR count). The van der Waals surface area contributed by atoms with Crippen molar-refractivity contribution in [2.75, 3.05) is 5.32 Å². The number of fused-ring (bicyclic) bond motifs is 1. The third kappa shape index (κ3) is 1.63. The van der Waals surface area contributed by atoms with Crippen LogP contribution in [0.2, 0.25) is 0 Å². The molecule has 0 atom stereocenters. The first kappa shape index (κ1) is 8.97. The molecule has 0 spiro atoms. The Hall–Kier alpha value is -2.29. The van der Waals surface area contributed by atoms with E-state index in [2.05, 4.69) is 21.6 Å². The van der Waals surface area contributed by atoms with E-state index in [4.69, 9.17) is 0 Å². The number of anilines is 2. The van der Waals surface area contributed by atoms with E-state index < -0.39 is 0 Å². The molecule has 0 saturated heterocycles. The summed E-state index contributed by atoms with van der Waals surface area (Å²) in [4.78, 5) is 0. The lowest BCUT2D eigenvalue weighted by Gasteiger charge is -2.05. The van der Waals surface area contributed by atoms with Gasteiger partial charge in [0, 0.05) is 16.8 Å². The first-order chi connectivity index (χ1) is 7.92. The Morgan fingerprint density at radius 3 is 2.69 bits per heavy atom. The van der Waals surface area contributed by atoms with Gasteiger partial charge < -0.3 is 5.32 Å². The van der Waals surface area contributed by atoms with Crippen LogP contribution in [0.5, 0.6) is 0 Å². The van der Waals surface area contributed by atoms with E-state index in [1.807, 2.05) is 48.7 Å². The summed E-state index contributed by atoms with van der Waals surface area (Å²) in [5, 5.41) is 11.4. The summed E-state index contributed by atoms with van der Waals surface area (Å²) in [6.07, 6.45) is 1.82. The van der Waals surface area contributed by atoms with Crippen LogP contribution in [-0.2, 0) is 0 Å². The topological polar surface area (TPSA) is 40.7 Å². The fraction of sp³-hybridized carbons (Fsp3) is 0. The van der Waals surface area contributed by atoms with Gasteiger partial charge in [-0.2, -0.15) is 5.10 Å². The summed E-state index contributed by atoms with van der Waals surface area (Å²) < 4.78 is 0. The first-order valence-corrected chi connectivity index (χ1v) is 5.17. The first-order valence-electron chi connectivity index (χ1n) is 5.17. The number of rotatable bonds is 2. The number of nitrogens with one attached hydrogen (secondary N) is 2. The molecule has 2 N–H and O–H groups in total. The molecule has 3 heteroatoms. The predicted molar refractivity (Wildman–Crippen MR) is 65.8 cm³/mol. The van der Waals surface area contributed by atoms with Gasteiger partial charge in [0.15, 0.2) is 0 Å². The monoisotopic (exact) mass is 209 g/mol. The van der Waals surface area contributed by atoms with E-state index in [-0.39, 0.29) is 0 Å². The number of nitrogens with zero attached hydrogens (tertiary/aromatic N) is 1. The van der Waals surface area contributed by atoms with E-state index in [0.717, 1.165) is 22.3 Å². The zero-order valence-electron chi connectivity index (χ0n) is 8.64. The van der Waals surface area contributed by atoms with Crippen LogP contribution in [0.4, 0.5) is 11.4 Å². The Morgan fingerprint density at radius 2 is 1.81 bits per heavy atom. The van der Waals surface area contributed by atoms with Gasteiger partial charge in [-0.25, -0.2) is 0 Å². The van der Waals surface area contributed by atoms with Gasteiger partial charge in [0.1, 0.15) is 0 Å². The molecule has 0 amide bonds. The van der Waals surface area contributed by atoms with Crippen LogP contribution in [0.3, 0.4) is 0 Å². The van der Waals surface area contributed by atoms with Crippen molar-refractivity contribution in [2.45, 2.75) is 0 Å². The van der Waals surface area contributed by atoms with Gasteiger partial charge in [0.2, 0.25) is 0 Å². The van der Waals surface area contributed by atoms with E-state index in [1.54, 1.807) is 0 Å². The van der Waals surface area contributed by atoms with Crippen molar-refractivity contribution in [3.8, 4) is 0 Å². The molecule has 16 heavy (non-hydrogen) atoms. The lowest BCUT2D eigenvalue weighted by Crippen LogP contribution is -1.88. The van der Waals surface area contributed by atoms with E-state index in [0.29, 0.717) is 0 Å². The zero-order chi connectivity index (χ0) is 10.8. The predicted octanol–water partition coefficient (Wildman–Crippen LogP) is 3.31. The van der Waals surface area contributed by atoms with E-state index in [1.165, 1.54) is 0 Å². The van der Waals surface area contributed by atoms with Crippen molar-refractivity contribution < 1.29 is 0 Å². The molecule has 78 valence electrons. The minimum Gasteiger partial charge on any atom is -0.355 e. The highest BCUT2D eigenvalue weighted by molar-refractivity contribution is 5.82. The molecular formula is C13H11N3. The highest BCUT2D eigenvalue weighted by atomic mass is 15.1. The van der Waals surface area contributed by atoms with Gasteiger partial charge in [-0.3, -0.25) is 5.10 Å². The smallest absolute Gasteiger partial charge is 0.0670 e. The number of aromatic nitrogens is 2. The highest BCUT2D eigenvalue weighted by Crippen LogP contribution is 2.20. The third-order valence-electron chi connectivity index (χ3n) is 2.50. The van der Waals surface area contributed by atoms with Crippen LogP contribution in [0.15, 0.2) is 54.7 Å². The molecule has 1 heterocycles. The van der Waals surface area contributed by atoms with Gasteiger partial charge in [-0.15, -0.1) is 0 Å². The fourth-order valence-electron chi connectivity index (χ4n) is 1.70. The summed E-state index contributed by atoms with van der Waals surface area (Å²) in [5.74, 6) is 0. The number of aromatic amines is 1. The maximum atomic E-state index is 4.00. The molecule has 2 aromatic carbocycles. The summed E-state index contributed by atoms with van der Waals surface area (Å²) in [6.45, 7) is 0. The van der Waals surface area contributed by atoms with Crippen molar-refractivity contribution in [3.05, 3.63) is 54.7 Å². The van der Waals surface area contributed by atoms with Crippen LogP contribution in [0.1, 0.15) is 0 Å². The van der Waals surface area contributed by atoms with Crippen LogP contribution in [0, 0.1) is 0 Å². The molecule has 0 radical (unpaired) electrons. The van der Waals surface area contributed by atoms with Crippen molar-refractivity contribution in [2.24, 2.45) is 0 Å². The second-order valence-corrected chi connectivity index (χ2v) is 3.66. The summed E-state index contributed by atoms with van der Waals surface area (Å²) >= 11 is 0. The van der Waals surface area contributed by atoms with Crippen LogP contribution in [-0.4, -0.2) is 10.2 Å². The molecular weight excluding hydrogens is 198 g/mol. The molecule has 3 nitrogen and oxygen atoms in total. The molecule has 0 aliphatic carbocycles. The quantitative estimate of drug-likeness (QED) is 0.679. The minimum absolute atomic E-state index is 1.04. The second-order valence-electron chi connectivity index (χ2n) is 3.66. The van der Waals surface area contributed by atoms with Crippen molar-refractivity contribution in [3.63, 3.8) is 0 Å². The molecule has 1 aromatic heterocycles. The van der Waals surface area contributed by atoms with Crippen molar-refractivity contribution in [1.29, 1.82) is 0 Å². The number of H-pyrrole nitrogens is 1. The maximum Gasteiger partial charge on any atom is 0.0670 e. The fourth-order valence-corrected chi connectivity index (χ4v) is 1.70. The largest absolute Gasteiger partial charge is 0.355 e. The molecule has 0 aliphatic rings. The molecule has 0 fully saturated rings. The maximum absolute atomic E-state index is 4.00. The van der Waals surface area contributed by atoms with E-state index >= 15 is 0 Å². The third-order valence-corrected chi connectivity index (χ3v) is 2.50. The lowest BCUT2D eigenvalue weighted by molar-refractivity contribution is 1.12. The van der Waals surface area contributed by atoms with Crippen molar-refractivity contribution in [1.82, 2.24) is 10.2 Å². The highest BCUT2D eigenvalue weighted by Gasteiger charge is 1.97. The average Bonchev–Trinajstić information content (AvgIpc) is 2.77. The molecule has 3 aromatic rings. The Labute approximate surface area is 93.1 Å². The number of hydrogen-bond acceptors (Lipinski definition) is 2. The lowest BCUT2D eigenvalue weighted by atomic mass is 10.2. The molecule has 0 aliphatic heterocycles.